The quantitative estimate of drug-likeness (QED) is 0.121. The molecule has 2 nitrogen and oxygen atoms in total. The standard InChI is InChI=1S/C68H50N2/c1-43-15-14-24-48-31-36-62-65(64(43)48)61-41-59-60(42-63(61)68(62,2)3)67(70(55-34-29-46-18-6-10-22-51(46)39-55)56-35-30-47-19-7-11-23-52(47)40-56)58-26-13-12-25-57(58)66(59)69(53-32-27-44-16-4-8-20-49(44)37-53)54-33-28-45-17-5-9-21-50(45)38-54/h4-14,16-43H,15H2,1-3H3. The fourth-order valence-corrected chi connectivity index (χ4v) is 12.2. The van der Waals surface area contributed by atoms with E-state index in [1.807, 2.05) is 0 Å². The van der Waals surface area contributed by atoms with E-state index in [0.717, 1.165) is 29.2 Å². The zero-order chi connectivity index (χ0) is 46.7. The molecule has 0 fully saturated rings. The number of nitrogens with zero attached hydrogens (tertiary/aromatic N) is 2. The van der Waals surface area contributed by atoms with E-state index in [0.29, 0.717) is 5.92 Å². The van der Waals surface area contributed by atoms with Crippen LogP contribution in [0.25, 0.3) is 81.8 Å². The summed E-state index contributed by atoms with van der Waals surface area (Å²) < 4.78 is 0. The Hall–Kier alpha value is -8.46. The lowest BCUT2D eigenvalue weighted by atomic mass is 9.79. The molecule has 0 saturated heterocycles. The van der Waals surface area contributed by atoms with Crippen molar-refractivity contribution in [2.45, 2.75) is 38.5 Å². The van der Waals surface area contributed by atoms with Gasteiger partial charge in [-0.05, 0) is 149 Å². The van der Waals surface area contributed by atoms with Crippen LogP contribution in [0, 0.1) is 0 Å². The van der Waals surface area contributed by atoms with Crippen molar-refractivity contribution in [1.82, 2.24) is 0 Å². The Morgan fingerprint density at radius 1 is 0.386 bits per heavy atom. The number of anilines is 6. The Balaban J connectivity index is 1.17. The van der Waals surface area contributed by atoms with Gasteiger partial charge in [-0.15, -0.1) is 0 Å². The van der Waals surface area contributed by atoms with Gasteiger partial charge < -0.3 is 9.80 Å². The first-order valence-corrected chi connectivity index (χ1v) is 24.8. The normalized spacial score (nSPS) is 14.6. The van der Waals surface area contributed by atoms with E-state index in [2.05, 4.69) is 261 Å². The van der Waals surface area contributed by atoms with E-state index in [1.54, 1.807) is 0 Å². The summed E-state index contributed by atoms with van der Waals surface area (Å²) >= 11 is 0. The van der Waals surface area contributed by atoms with Gasteiger partial charge in [0, 0.05) is 49.7 Å². The maximum atomic E-state index is 2.60. The number of allylic oxidation sites excluding steroid dienone is 1. The van der Waals surface area contributed by atoms with Crippen molar-refractivity contribution in [2.24, 2.45) is 0 Å². The molecular formula is C68H50N2. The summed E-state index contributed by atoms with van der Waals surface area (Å²) in [5.41, 5.74) is 14.9. The van der Waals surface area contributed by atoms with Crippen LogP contribution in [0.1, 0.15) is 55.4 Å². The molecular weight excluding hydrogens is 845 g/mol. The molecule has 0 heterocycles. The molecule has 0 N–H and O–H groups in total. The topological polar surface area (TPSA) is 6.48 Å². The third-order valence-electron chi connectivity index (χ3n) is 15.7. The van der Waals surface area contributed by atoms with Crippen LogP contribution in [0.4, 0.5) is 34.1 Å². The minimum Gasteiger partial charge on any atom is -0.309 e. The van der Waals surface area contributed by atoms with Gasteiger partial charge in [-0.25, -0.2) is 0 Å². The van der Waals surface area contributed by atoms with Crippen LogP contribution in [0.5, 0.6) is 0 Å². The van der Waals surface area contributed by atoms with Gasteiger partial charge in [-0.1, -0.05) is 191 Å². The third-order valence-corrected chi connectivity index (χ3v) is 15.7. The summed E-state index contributed by atoms with van der Waals surface area (Å²) in [7, 11) is 0. The van der Waals surface area contributed by atoms with Gasteiger partial charge in [0.2, 0.25) is 0 Å². The molecule has 1 unspecified atom stereocenters. The highest BCUT2D eigenvalue weighted by Gasteiger charge is 2.40. The molecule has 0 aromatic heterocycles. The van der Waals surface area contributed by atoms with Crippen LogP contribution in [-0.2, 0) is 5.41 Å². The van der Waals surface area contributed by atoms with Gasteiger partial charge in [0.05, 0.1) is 11.4 Å². The zero-order valence-electron chi connectivity index (χ0n) is 39.6. The molecule has 2 aliphatic rings. The fourth-order valence-electron chi connectivity index (χ4n) is 12.2. The summed E-state index contributed by atoms with van der Waals surface area (Å²) in [5, 5.41) is 14.5. The van der Waals surface area contributed by atoms with Gasteiger partial charge in [0.25, 0.3) is 0 Å². The Morgan fingerprint density at radius 3 is 1.23 bits per heavy atom. The van der Waals surface area contributed by atoms with Crippen molar-refractivity contribution in [3.05, 3.63) is 247 Å². The number of rotatable bonds is 6. The minimum absolute atomic E-state index is 0.245. The number of fused-ring (bicyclic) bond motifs is 11. The van der Waals surface area contributed by atoms with E-state index in [1.165, 1.54) is 109 Å². The van der Waals surface area contributed by atoms with E-state index in [4.69, 9.17) is 0 Å². The van der Waals surface area contributed by atoms with Gasteiger partial charge in [-0.2, -0.15) is 0 Å². The first-order chi connectivity index (χ1) is 34.4. The van der Waals surface area contributed by atoms with Gasteiger partial charge in [-0.3, -0.25) is 0 Å². The Bertz CT molecular complexity index is 4020. The average Bonchev–Trinajstić information content (AvgIpc) is 3.63. The number of hydrogen-bond donors (Lipinski definition) is 0. The minimum atomic E-state index is -0.245. The predicted octanol–water partition coefficient (Wildman–Crippen LogP) is 19.4. The maximum Gasteiger partial charge on any atom is 0.0620 e. The van der Waals surface area contributed by atoms with Crippen molar-refractivity contribution in [3.63, 3.8) is 0 Å². The zero-order valence-corrected chi connectivity index (χ0v) is 39.6. The summed E-state index contributed by atoms with van der Waals surface area (Å²) in [4.78, 5) is 5.11. The highest BCUT2D eigenvalue weighted by atomic mass is 15.2. The molecule has 0 bridgehead atoms. The van der Waals surface area contributed by atoms with Crippen molar-refractivity contribution in [1.29, 1.82) is 0 Å². The first-order valence-electron chi connectivity index (χ1n) is 24.8. The molecule has 0 radical (unpaired) electrons. The van der Waals surface area contributed by atoms with Crippen molar-refractivity contribution >= 4 is 105 Å². The molecule has 70 heavy (non-hydrogen) atoms. The lowest BCUT2D eigenvalue weighted by molar-refractivity contribution is 0.659. The molecule has 1 atom stereocenters. The van der Waals surface area contributed by atoms with Crippen LogP contribution >= 0.6 is 0 Å². The molecule has 2 heteroatoms. The lowest BCUT2D eigenvalue weighted by Crippen LogP contribution is -2.17. The van der Waals surface area contributed by atoms with Gasteiger partial charge >= 0.3 is 0 Å². The second-order valence-corrected chi connectivity index (χ2v) is 20.1. The summed E-state index contributed by atoms with van der Waals surface area (Å²) in [6, 6.07) is 82.1. The molecule has 0 saturated carbocycles. The molecule has 0 spiro atoms. The highest BCUT2D eigenvalue weighted by molar-refractivity contribution is 6.25. The summed E-state index contributed by atoms with van der Waals surface area (Å²) in [5.74, 6) is 0.405. The van der Waals surface area contributed by atoms with Crippen LogP contribution in [-0.4, -0.2) is 0 Å². The average molecular weight is 895 g/mol. The van der Waals surface area contributed by atoms with Crippen molar-refractivity contribution < 1.29 is 0 Å². The summed E-state index contributed by atoms with van der Waals surface area (Å²) in [6.07, 6.45) is 5.75. The van der Waals surface area contributed by atoms with Crippen LogP contribution in [0.2, 0.25) is 0 Å². The van der Waals surface area contributed by atoms with E-state index in [9.17, 15) is 0 Å². The Morgan fingerprint density at radius 2 is 0.786 bits per heavy atom. The van der Waals surface area contributed by atoms with Crippen LogP contribution in [0.3, 0.4) is 0 Å². The van der Waals surface area contributed by atoms with E-state index >= 15 is 0 Å². The Labute approximate surface area is 409 Å². The molecule has 14 rings (SSSR count). The second kappa shape index (κ2) is 15.5. The van der Waals surface area contributed by atoms with E-state index < -0.39 is 0 Å². The Kier molecular flexibility index (Phi) is 9.01. The maximum absolute atomic E-state index is 2.60. The van der Waals surface area contributed by atoms with Gasteiger partial charge in [0.15, 0.2) is 0 Å². The highest BCUT2D eigenvalue weighted by Crippen LogP contribution is 2.58. The SMILES string of the molecule is CC1CC=Cc2ccc3c(c21)-c1cc2c(N(c4ccc5ccccc5c4)c4ccc5ccccc5c4)c4ccccc4c(N(c4ccc5ccccc5c4)c4ccc5ccccc5c4)c2cc1C3(C)C. The fraction of sp³-hybridized carbons (Fsp3) is 0.0882. The second-order valence-electron chi connectivity index (χ2n) is 20.1. The molecule has 12 aromatic rings. The molecule has 0 aliphatic heterocycles. The van der Waals surface area contributed by atoms with E-state index in [-0.39, 0.29) is 5.41 Å². The number of hydrogen-bond acceptors (Lipinski definition) is 2. The molecule has 332 valence electrons. The van der Waals surface area contributed by atoms with Crippen LogP contribution in [0.15, 0.2) is 224 Å². The van der Waals surface area contributed by atoms with Crippen molar-refractivity contribution in [2.75, 3.05) is 9.80 Å². The smallest absolute Gasteiger partial charge is 0.0620 e. The number of benzene rings is 12. The molecule has 0 amide bonds. The monoisotopic (exact) mass is 894 g/mol. The lowest BCUT2D eigenvalue weighted by Gasteiger charge is -2.34. The first kappa shape index (κ1) is 40.6. The third kappa shape index (κ3) is 6.19. The molecule has 2 aliphatic carbocycles. The largest absolute Gasteiger partial charge is 0.309 e. The van der Waals surface area contributed by atoms with Gasteiger partial charge in [0.1, 0.15) is 0 Å². The summed E-state index contributed by atoms with van der Waals surface area (Å²) in [6.45, 7) is 7.31. The van der Waals surface area contributed by atoms with Crippen LogP contribution < -0.4 is 9.80 Å². The van der Waals surface area contributed by atoms with Crippen molar-refractivity contribution in [3.8, 4) is 11.1 Å². The molecule has 12 aromatic carbocycles. The predicted molar refractivity (Wildman–Crippen MR) is 300 cm³/mol.